The zero-order valence-electron chi connectivity index (χ0n) is 12.6. The normalized spacial score (nSPS) is 25.5. The minimum Gasteiger partial charge on any atom is -0.489 e. The van der Waals surface area contributed by atoms with E-state index in [-0.39, 0.29) is 0 Å². The van der Waals surface area contributed by atoms with Gasteiger partial charge in [0.15, 0.2) is 11.5 Å². The Morgan fingerprint density at radius 2 is 1.90 bits per heavy atom. The molecule has 0 bridgehead atoms. The lowest BCUT2D eigenvalue weighted by atomic mass is 9.98. The summed E-state index contributed by atoms with van der Waals surface area (Å²) in [6.45, 7) is 6.85. The van der Waals surface area contributed by atoms with Crippen LogP contribution in [0.2, 0.25) is 0 Å². The second-order valence-corrected chi connectivity index (χ2v) is 6.08. The number of rotatable bonds is 2. The second kappa shape index (κ2) is 6.04. The highest BCUT2D eigenvalue weighted by Crippen LogP contribution is 2.38. The molecule has 1 heterocycles. The fourth-order valence-electron chi connectivity index (χ4n) is 3.17. The summed E-state index contributed by atoms with van der Waals surface area (Å²) in [5.74, 6) is 2.31. The standard InChI is InChI=1S/C17H25NO2/c1-3-18-15-7-5-4-6-13-8-16-17(9-14(13)15)20-11-12(2)10-19-16/h8-9,12,15,18H,3-7,10-11H2,1-2H3. The van der Waals surface area contributed by atoms with Crippen LogP contribution in [0.3, 0.4) is 0 Å². The summed E-state index contributed by atoms with van der Waals surface area (Å²) in [4.78, 5) is 0. The smallest absolute Gasteiger partial charge is 0.161 e. The molecule has 3 heteroatoms. The van der Waals surface area contributed by atoms with Crippen molar-refractivity contribution in [3.63, 3.8) is 0 Å². The number of nitrogens with one attached hydrogen (secondary N) is 1. The molecule has 20 heavy (non-hydrogen) atoms. The summed E-state index contributed by atoms with van der Waals surface area (Å²) in [5.41, 5.74) is 2.85. The second-order valence-electron chi connectivity index (χ2n) is 6.08. The first-order chi connectivity index (χ1) is 9.78. The molecule has 110 valence electrons. The lowest BCUT2D eigenvalue weighted by Crippen LogP contribution is -2.21. The van der Waals surface area contributed by atoms with E-state index >= 15 is 0 Å². The van der Waals surface area contributed by atoms with Crippen LogP contribution in [0.4, 0.5) is 0 Å². The Morgan fingerprint density at radius 1 is 1.15 bits per heavy atom. The molecule has 0 saturated carbocycles. The molecule has 3 nitrogen and oxygen atoms in total. The summed E-state index contributed by atoms with van der Waals surface area (Å²) in [6, 6.07) is 4.91. The maximum atomic E-state index is 5.94. The maximum absolute atomic E-state index is 5.94. The van der Waals surface area contributed by atoms with Crippen molar-refractivity contribution in [3.8, 4) is 11.5 Å². The molecule has 0 fully saturated rings. The summed E-state index contributed by atoms with van der Waals surface area (Å²) in [7, 11) is 0. The van der Waals surface area contributed by atoms with E-state index in [1.165, 1.54) is 30.4 Å². The third-order valence-electron chi connectivity index (χ3n) is 4.27. The lowest BCUT2D eigenvalue weighted by Gasteiger charge is -2.20. The Morgan fingerprint density at radius 3 is 2.65 bits per heavy atom. The van der Waals surface area contributed by atoms with Gasteiger partial charge in [0.2, 0.25) is 0 Å². The first-order valence-corrected chi connectivity index (χ1v) is 7.93. The van der Waals surface area contributed by atoms with Crippen LogP contribution >= 0.6 is 0 Å². The van der Waals surface area contributed by atoms with Crippen LogP contribution in [0.15, 0.2) is 12.1 Å². The van der Waals surface area contributed by atoms with Crippen molar-refractivity contribution in [3.05, 3.63) is 23.3 Å². The van der Waals surface area contributed by atoms with Crippen LogP contribution in [-0.2, 0) is 6.42 Å². The molecule has 0 saturated heterocycles. The SMILES string of the molecule is CCNC1CCCCc2cc3c(cc21)OCC(C)CO3. The van der Waals surface area contributed by atoms with E-state index < -0.39 is 0 Å². The Bertz CT molecular complexity index is 472. The van der Waals surface area contributed by atoms with Crippen LogP contribution in [-0.4, -0.2) is 19.8 Å². The molecule has 3 rings (SSSR count). The first-order valence-electron chi connectivity index (χ1n) is 7.93. The molecule has 0 radical (unpaired) electrons. The molecule has 1 aliphatic heterocycles. The van der Waals surface area contributed by atoms with Crippen molar-refractivity contribution in [2.24, 2.45) is 5.92 Å². The zero-order chi connectivity index (χ0) is 13.9. The Hall–Kier alpha value is -1.22. The van der Waals surface area contributed by atoms with Gasteiger partial charge in [-0.05, 0) is 49.1 Å². The largest absolute Gasteiger partial charge is 0.489 e. The van der Waals surface area contributed by atoms with E-state index in [1.54, 1.807) is 0 Å². The van der Waals surface area contributed by atoms with Crippen molar-refractivity contribution < 1.29 is 9.47 Å². The van der Waals surface area contributed by atoms with Crippen molar-refractivity contribution in [2.45, 2.75) is 45.6 Å². The fourth-order valence-corrected chi connectivity index (χ4v) is 3.17. The molecule has 1 aromatic carbocycles. The highest BCUT2D eigenvalue weighted by molar-refractivity contribution is 5.49. The van der Waals surface area contributed by atoms with E-state index in [2.05, 4.69) is 31.3 Å². The van der Waals surface area contributed by atoms with Gasteiger partial charge in [0.1, 0.15) is 0 Å². The molecular weight excluding hydrogens is 250 g/mol. The minimum absolute atomic E-state index is 0.451. The Labute approximate surface area is 121 Å². The van der Waals surface area contributed by atoms with E-state index in [0.717, 1.165) is 37.7 Å². The summed E-state index contributed by atoms with van der Waals surface area (Å²) in [5, 5.41) is 3.62. The molecule has 2 aliphatic rings. The van der Waals surface area contributed by atoms with Crippen LogP contribution in [0.5, 0.6) is 11.5 Å². The topological polar surface area (TPSA) is 30.5 Å². The zero-order valence-corrected chi connectivity index (χ0v) is 12.6. The predicted octanol–water partition coefficient (Wildman–Crippen LogP) is 3.47. The van der Waals surface area contributed by atoms with Crippen LogP contribution < -0.4 is 14.8 Å². The average molecular weight is 275 g/mol. The highest BCUT2D eigenvalue weighted by Gasteiger charge is 2.23. The third kappa shape index (κ3) is 2.78. The number of hydrogen-bond acceptors (Lipinski definition) is 3. The quantitative estimate of drug-likeness (QED) is 0.838. The summed E-state index contributed by atoms with van der Waals surface area (Å²) >= 11 is 0. The van der Waals surface area contributed by atoms with Gasteiger partial charge in [0, 0.05) is 12.0 Å². The van der Waals surface area contributed by atoms with Crippen molar-refractivity contribution in [1.29, 1.82) is 0 Å². The monoisotopic (exact) mass is 275 g/mol. The fraction of sp³-hybridized carbons (Fsp3) is 0.647. The van der Waals surface area contributed by atoms with Crippen LogP contribution in [0, 0.1) is 5.92 Å². The molecule has 2 unspecified atom stereocenters. The van der Waals surface area contributed by atoms with E-state index in [9.17, 15) is 0 Å². The van der Waals surface area contributed by atoms with Crippen LogP contribution in [0.25, 0.3) is 0 Å². The Kier molecular flexibility index (Phi) is 4.16. The number of fused-ring (bicyclic) bond motifs is 2. The first kappa shape index (κ1) is 13.7. The predicted molar refractivity (Wildman–Crippen MR) is 80.6 cm³/mol. The van der Waals surface area contributed by atoms with Crippen LogP contribution in [0.1, 0.15) is 50.3 Å². The van der Waals surface area contributed by atoms with Gasteiger partial charge < -0.3 is 14.8 Å². The third-order valence-corrected chi connectivity index (χ3v) is 4.27. The highest BCUT2D eigenvalue weighted by atomic mass is 16.5. The number of ether oxygens (including phenoxy) is 2. The molecule has 2 atom stereocenters. The molecule has 1 aromatic rings. The van der Waals surface area contributed by atoms with Gasteiger partial charge >= 0.3 is 0 Å². The molecule has 0 amide bonds. The average Bonchev–Trinajstić information content (AvgIpc) is 2.75. The molecule has 0 spiro atoms. The number of benzene rings is 1. The summed E-state index contributed by atoms with van der Waals surface area (Å²) < 4.78 is 11.9. The Balaban J connectivity index is 1.96. The van der Waals surface area contributed by atoms with Gasteiger partial charge in [-0.1, -0.05) is 20.3 Å². The van der Waals surface area contributed by atoms with E-state index in [4.69, 9.17) is 9.47 Å². The molecule has 1 aliphatic carbocycles. The molecular formula is C17H25NO2. The van der Waals surface area contributed by atoms with Crippen molar-refractivity contribution in [2.75, 3.05) is 19.8 Å². The summed E-state index contributed by atoms with van der Waals surface area (Å²) in [6.07, 6.45) is 4.93. The minimum atomic E-state index is 0.451. The van der Waals surface area contributed by atoms with Gasteiger partial charge in [-0.15, -0.1) is 0 Å². The lowest BCUT2D eigenvalue weighted by molar-refractivity contribution is 0.228. The van der Waals surface area contributed by atoms with Gasteiger partial charge in [0.25, 0.3) is 0 Å². The van der Waals surface area contributed by atoms with Crippen molar-refractivity contribution >= 4 is 0 Å². The van der Waals surface area contributed by atoms with E-state index in [1.807, 2.05) is 0 Å². The molecule has 1 N–H and O–H groups in total. The van der Waals surface area contributed by atoms with E-state index in [0.29, 0.717) is 12.0 Å². The van der Waals surface area contributed by atoms with Gasteiger partial charge in [-0.2, -0.15) is 0 Å². The van der Waals surface area contributed by atoms with Gasteiger partial charge in [0.05, 0.1) is 13.2 Å². The van der Waals surface area contributed by atoms with Gasteiger partial charge in [-0.3, -0.25) is 0 Å². The molecule has 0 aromatic heterocycles. The number of aryl methyl sites for hydroxylation is 1. The van der Waals surface area contributed by atoms with Crippen molar-refractivity contribution in [1.82, 2.24) is 5.32 Å². The maximum Gasteiger partial charge on any atom is 0.161 e. The number of hydrogen-bond donors (Lipinski definition) is 1. The van der Waals surface area contributed by atoms with Gasteiger partial charge in [-0.25, -0.2) is 0 Å².